The molecule has 136 valence electrons. The van der Waals surface area contributed by atoms with Crippen LogP contribution in [0.4, 0.5) is 5.69 Å². The molecule has 1 N–H and O–H groups in total. The Morgan fingerprint density at radius 1 is 1.04 bits per heavy atom. The number of amides is 3. The van der Waals surface area contributed by atoms with Gasteiger partial charge in [0.25, 0.3) is 11.8 Å². The van der Waals surface area contributed by atoms with Crippen LogP contribution in [0.15, 0.2) is 54.6 Å². The number of carbonyl (C=O) groups excluding carboxylic acids is 3. The summed E-state index contributed by atoms with van der Waals surface area (Å²) >= 11 is 0. The molecule has 6 nitrogen and oxygen atoms in total. The zero-order chi connectivity index (χ0) is 19.1. The van der Waals surface area contributed by atoms with E-state index >= 15 is 0 Å². The average molecular weight is 362 g/mol. The molecule has 0 radical (unpaired) electrons. The Morgan fingerprint density at radius 3 is 2.37 bits per heavy atom. The molecule has 2 aromatic rings. The lowest BCUT2D eigenvalue weighted by Gasteiger charge is -2.30. The fourth-order valence-electron chi connectivity index (χ4n) is 3.74. The van der Waals surface area contributed by atoms with Crippen LogP contribution in [-0.4, -0.2) is 34.4 Å². The van der Waals surface area contributed by atoms with E-state index in [-0.39, 0.29) is 24.9 Å². The highest BCUT2D eigenvalue weighted by atomic mass is 16.3. The summed E-state index contributed by atoms with van der Waals surface area (Å²) in [7, 11) is 0. The summed E-state index contributed by atoms with van der Waals surface area (Å²) in [5, 5.41) is 11.9. The van der Waals surface area contributed by atoms with E-state index in [4.69, 9.17) is 0 Å². The third kappa shape index (κ3) is 2.57. The Bertz CT molecular complexity index is 977. The number of aliphatic hydroxyl groups excluding tert-OH is 1. The smallest absolute Gasteiger partial charge is 0.273 e. The van der Waals surface area contributed by atoms with Crippen LogP contribution in [0, 0.1) is 0 Å². The topological polar surface area (TPSA) is 77.9 Å². The third-order valence-corrected chi connectivity index (χ3v) is 4.99. The highest BCUT2D eigenvalue weighted by Crippen LogP contribution is 2.45. The van der Waals surface area contributed by atoms with Crippen LogP contribution >= 0.6 is 0 Å². The second-order valence-corrected chi connectivity index (χ2v) is 6.47. The lowest BCUT2D eigenvalue weighted by molar-refractivity contribution is -0.142. The van der Waals surface area contributed by atoms with Gasteiger partial charge in [-0.15, -0.1) is 0 Å². The van der Waals surface area contributed by atoms with Crippen molar-refractivity contribution in [3.63, 3.8) is 0 Å². The largest absolute Gasteiger partial charge is 0.395 e. The molecule has 0 saturated heterocycles. The molecule has 0 bridgehead atoms. The van der Waals surface area contributed by atoms with Gasteiger partial charge in [-0.25, -0.2) is 5.01 Å². The van der Waals surface area contributed by atoms with Crippen molar-refractivity contribution in [2.75, 3.05) is 11.6 Å². The molecule has 4 rings (SSSR count). The van der Waals surface area contributed by atoms with Gasteiger partial charge in [-0.05, 0) is 34.4 Å². The van der Waals surface area contributed by atoms with E-state index < -0.39 is 11.8 Å². The molecule has 1 atom stereocenters. The predicted molar refractivity (Wildman–Crippen MR) is 99.6 cm³/mol. The summed E-state index contributed by atoms with van der Waals surface area (Å²) in [4.78, 5) is 36.8. The summed E-state index contributed by atoms with van der Waals surface area (Å²) < 4.78 is 0. The van der Waals surface area contributed by atoms with Crippen LogP contribution in [0.5, 0.6) is 0 Å². The van der Waals surface area contributed by atoms with Crippen molar-refractivity contribution in [2.24, 2.45) is 0 Å². The van der Waals surface area contributed by atoms with Crippen LogP contribution in [-0.2, 0) is 14.4 Å². The minimum absolute atomic E-state index is 0.0711. The van der Waals surface area contributed by atoms with Gasteiger partial charge in [-0.1, -0.05) is 37.3 Å². The molecule has 27 heavy (non-hydrogen) atoms. The van der Waals surface area contributed by atoms with E-state index in [1.807, 2.05) is 30.3 Å². The van der Waals surface area contributed by atoms with Gasteiger partial charge in [0.2, 0.25) is 5.91 Å². The van der Waals surface area contributed by atoms with Gasteiger partial charge in [0.15, 0.2) is 0 Å². The first-order valence-corrected chi connectivity index (χ1v) is 8.80. The molecule has 1 aliphatic heterocycles. The number of hydrogen-bond acceptors (Lipinski definition) is 4. The Balaban J connectivity index is 1.83. The molecule has 0 fully saturated rings. The van der Waals surface area contributed by atoms with Crippen molar-refractivity contribution in [3.05, 3.63) is 65.7 Å². The van der Waals surface area contributed by atoms with Gasteiger partial charge in [-0.2, -0.15) is 5.01 Å². The van der Waals surface area contributed by atoms with Gasteiger partial charge in [0, 0.05) is 24.5 Å². The summed E-state index contributed by atoms with van der Waals surface area (Å²) in [6.07, 6.45) is 2.44. The molecular formula is C21H18N2O4. The van der Waals surface area contributed by atoms with Crippen LogP contribution in [0.2, 0.25) is 0 Å². The van der Waals surface area contributed by atoms with Gasteiger partial charge in [-0.3, -0.25) is 14.4 Å². The molecule has 1 aliphatic carbocycles. The molecule has 0 aromatic heterocycles. The lowest BCUT2D eigenvalue weighted by atomic mass is 9.97. The normalized spacial score (nSPS) is 17.3. The number of rotatable bonds is 4. The zero-order valence-corrected chi connectivity index (χ0v) is 14.8. The van der Waals surface area contributed by atoms with Crippen molar-refractivity contribution in [1.29, 1.82) is 0 Å². The van der Waals surface area contributed by atoms with Crippen molar-refractivity contribution in [1.82, 2.24) is 5.01 Å². The van der Waals surface area contributed by atoms with Gasteiger partial charge in [0.1, 0.15) is 0 Å². The van der Waals surface area contributed by atoms with Crippen LogP contribution in [0.1, 0.15) is 30.4 Å². The standard InChI is InChI=1S/C21H18N2O4/c1-2-19(25)22(23-20(26)9-10-21(23)27)13-7-8-16-14-5-3-4-6-15(14)18(12-24)17(16)11-13/h3-11,18,24H,2,12H2,1H3. The molecule has 1 unspecified atom stereocenters. The molecule has 0 saturated carbocycles. The highest BCUT2D eigenvalue weighted by Gasteiger charge is 2.35. The van der Waals surface area contributed by atoms with E-state index in [2.05, 4.69) is 0 Å². The van der Waals surface area contributed by atoms with Crippen LogP contribution < -0.4 is 5.01 Å². The van der Waals surface area contributed by atoms with Crippen LogP contribution in [0.3, 0.4) is 0 Å². The summed E-state index contributed by atoms with van der Waals surface area (Å²) in [5.41, 5.74) is 4.35. The second kappa shape index (κ2) is 6.48. The van der Waals surface area contributed by atoms with Crippen molar-refractivity contribution < 1.29 is 19.5 Å². The Morgan fingerprint density at radius 2 is 1.70 bits per heavy atom. The fraction of sp³-hybridized carbons (Fsp3) is 0.190. The Labute approximate surface area is 156 Å². The van der Waals surface area contributed by atoms with Gasteiger partial charge in [0.05, 0.1) is 12.3 Å². The summed E-state index contributed by atoms with van der Waals surface area (Å²) in [6, 6.07) is 13.2. The number of hydrazine groups is 1. The number of fused-ring (bicyclic) bond motifs is 3. The first kappa shape index (κ1) is 17.2. The monoisotopic (exact) mass is 362 g/mol. The second-order valence-electron chi connectivity index (χ2n) is 6.47. The number of anilines is 1. The van der Waals surface area contributed by atoms with E-state index in [0.717, 1.165) is 44.4 Å². The van der Waals surface area contributed by atoms with Crippen LogP contribution in [0.25, 0.3) is 11.1 Å². The minimum atomic E-state index is -0.552. The van der Waals surface area contributed by atoms with Crippen molar-refractivity contribution in [2.45, 2.75) is 19.3 Å². The SMILES string of the molecule is CCC(=O)N(c1ccc2c(c1)C(CO)c1ccccc1-2)N1C(=O)C=CC1=O. The zero-order valence-electron chi connectivity index (χ0n) is 14.8. The quantitative estimate of drug-likeness (QED) is 0.847. The molecule has 6 heteroatoms. The number of hydrogen-bond donors (Lipinski definition) is 1. The predicted octanol–water partition coefficient (Wildman–Crippen LogP) is 2.37. The molecule has 1 heterocycles. The average Bonchev–Trinajstić information content (AvgIpc) is 3.19. The van der Waals surface area contributed by atoms with E-state index in [1.165, 1.54) is 0 Å². The Hall–Kier alpha value is -3.25. The highest BCUT2D eigenvalue weighted by molar-refractivity contribution is 6.17. The molecule has 2 aromatic carbocycles. The molecule has 2 aliphatic rings. The maximum absolute atomic E-state index is 12.6. The lowest BCUT2D eigenvalue weighted by Crippen LogP contribution is -2.50. The minimum Gasteiger partial charge on any atom is -0.395 e. The number of imide groups is 1. The van der Waals surface area contributed by atoms with E-state index in [1.54, 1.807) is 19.1 Å². The first-order valence-electron chi connectivity index (χ1n) is 8.80. The Kier molecular flexibility index (Phi) is 4.12. The van der Waals surface area contributed by atoms with Gasteiger partial charge >= 0.3 is 0 Å². The number of benzene rings is 2. The molecule has 0 spiro atoms. The van der Waals surface area contributed by atoms with Gasteiger partial charge < -0.3 is 5.11 Å². The third-order valence-electron chi connectivity index (χ3n) is 4.99. The fourth-order valence-corrected chi connectivity index (χ4v) is 3.74. The maximum atomic E-state index is 12.6. The molecular weight excluding hydrogens is 344 g/mol. The van der Waals surface area contributed by atoms with E-state index in [0.29, 0.717) is 5.69 Å². The van der Waals surface area contributed by atoms with Crippen molar-refractivity contribution >= 4 is 23.4 Å². The van der Waals surface area contributed by atoms with Crippen molar-refractivity contribution in [3.8, 4) is 11.1 Å². The van der Waals surface area contributed by atoms with E-state index in [9.17, 15) is 19.5 Å². The number of nitrogens with zero attached hydrogens (tertiary/aromatic N) is 2. The molecule has 3 amide bonds. The number of aliphatic hydroxyl groups is 1. The summed E-state index contributed by atoms with van der Waals surface area (Å²) in [5.74, 6) is -1.68. The first-order chi connectivity index (χ1) is 13.1. The summed E-state index contributed by atoms with van der Waals surface area (Å²) in [6.45, 7) is 1.60. The number of carbonyl (C=O) groups is 3. The maximum Gasteiger partial charge on any atom is 0.273 e.